The molecule has 1 atom stereocenters. The minimum absolute atomic E-state index is 0.0519. The molecule has 46 heavy (non-hydrogen) atoms. The molecule has 2 heterocycles. The molecule has 0 radical (unpaired) electrons. The number of nitrogens with two attached hydrogens (primary N) is 1. The molecule has 234 valence electrons. The summed E-state index contributed by atoms with van der Waals surface area (Å²) in [6, 6.07) is 25.6. The van der Waals surface area contributed by atoms with Crippen LogP contribution in [0.3, 0.4) is 0 Å². The molecule has 2 aliphatic heterocycles. The summed E-state index contributed by atoms with van der Waals surface area (Å²) in [5.41, 5.74) is 8.98. The summed E-state index contributed by atoms with van der Waals surface area (Å²) in [4.78, 5) is 44.6. The highest BCUT2D eigenvalue weighted by Gasteiger charge is 2.43. The van der Waals surface area contributed by atoms with Crippen LogP contribution in [0.2, 0.25) is 5.02 Å². The number of esters is 2. The number of halogens is 1. The number of allylic oxidation sites excluding steroid dienone is 1. The van der Waals surface area contributed by atoms with Gasteiger partial charge >= 0.3 is 11.9 Å². The van der Waals surface area contributed by atoms with Crippen LogP contribution < -0.4 is 15.5 Å². The van der Waals surface area contributed by atoms with Crippen molar-refractivity contribution in [1.82, 2.24) is 4.90 Å². The van der Waals surface area contributed by atoms with Crippen molar-refractivity contribution in [2.24, 2.45) is 5.73 Å². The minimum Gasteiger partial charge on any atom is -0.466 e. The highest BCUT2D eigenvalue weighted by atomic mass is 35.5. The Morgan fingerprint density at radius 1 is 0.913 bits per heavy atom. The molecule has 0 aliphatic carbocycles. The van der Waals surface area contributed by atoms with Crippen molar-refractivity contribution in [3.05, 3.63) is 124 Å². The molecule has 2 N–H and O–H groups in total. The number of piperazine rings is 1. The highest BCUT2D eigenvalue weighted by molar-refractivity contribution is 6.33. The van der Waals surface area contributed by atoms with Gasteiger partial charge in [-0.05, 0) is 35.4 Å². The van der Waals surface area contributed by atoms with Gasteiger partial charge in [0.25, 0.3) is 0 Å². The Bertz CT molecular complexity index is 1770. The lowest BCUT2D eigenvalue weighted by Gasteiger charge is -2.37. The topological polar surface area (TPSA) is 129 Å². The molecule has 1 amide bonds. The number of anilines is 2. The third kappa shape index (κ3) is 6.32. The van der Waals surface area contributed by atoms with Crippen LogP contribution in [0, 0.1) is 11.3 Å². The summed E-state index contributed by atoms with van der Waals surface area (Å²) in [6.07, 6.45) is 3.38. The number of benzene rings is 3. The third-order valence-electron chi connectivity index (χ3n) is 7.95. The zero-order valence-corrected chi connectivity index (χ0v) is 26.1. The molecule has 0 bridgehead atoms. The molecule has 5 rings (SSSR count). The fourth-order valence-electron chi connectivity index (χ4n) is 5.68. The molecule has 2 aliphatic rings. The number of hydrogen-bond acceptors (Lipinski definition) is 9. The van der Waals surface area contributed by atoms with Gasteiger partial charge in [0.05, 0.1) is 48.1 Å². The Kier molecular flexibility index (Phi) is 9.74. The Hall–Kier alpha value is -5.53. The largest absolute Gasteiger partial charge is 0.466 e. The maximum absolute atomic E-state index is 13.3. The van der Waals surface area contributed by atoms with E-state index in [2.05, 4.69) is 11.0 Å². The van der Waals surface area contributed by atoms with Crippen LogP contribution >= 0.6 is 11.6 Å². The summed E-state index contributed by atoms with van der Waals surface area (Å²) in [5, 5.41) is 10.6. The van der Waals surface area contributed by atoms with Crippen LogP contribution in [0.5, 0.6) is 0 Å². The van der Waals surface area contributed by atoms with Gasteiger partial charge in [0.2, 0.25) is 5.91 Å². The van der Waals surface area contributed by atoms with E-state index in [1.165, 1.54) is 19.1 Å². The van der Waals surface area contributed by atoms with Gasteiger partial charge in [-0.3, -0.25) is 9.69 Å². The van der Waals surface area contributed by atoms with E-state index < -0.39 is 17.9 Å². The standard InChI is InChI=1S/C35H32ClN5O5/c1-45-34(43)31-30(24-11-7-4-8-12-24)26(22-37)33(38)41(32(31)35(44)46-2)25-14-15-28(27(36)21-25)39-17-19-40(20-18-39)29(42)16-13-23-9-5-3-6-10-23/h3-16,21,30H,17-20,38H2,1-2H3. The quantitative estimate of drug-likeness (QED) is 0.292. The number of amides is 1. The van der Waals surface area contributed by atoms with Crippen molar-refractivity contribution >= 4 is 46.9 Å². The Balaban J connectivity index is 1.45. The minimum atomic E-state index is -0.972. The normalized spacial score (nSPS) is 16.8. The first kappa shape index (κ1) is 31.9. The average molecular weight is 638 g/mol. The van der Waals surface area contributed by atoms with E-state index in [9.17, 15) is 19.6 Å². The second kappa shape index (κ2) is 14.1. The zero-order valence-electron chi connectivity index (χ0n) is 25.4. The van der Waals surface area contributed by atoms with Gasteiger partial charge < -0.3 is 25.0 Å². The van der Waals surface area contributed by atoms with Crippen LogP contribution in [0.1, 0.15) is 17.0 Å². The summed E-state index contributed by atoms with van der Waals surface area (Å²) in [6.45, 7) is 2.10. The van der Waals surface area contributed by atoms with Gasteiger partial charge in [-0.15, -0.1) is 0 Å². The smallest absolute Gasteiger partial charge is 0.355 e. The van der Waals surface area contributed by atoms with E-state index in [-0.39, 0.29) is 28.6 Å². The number of nitriles is 1. The average Bonchev–Trinajstić information content (AvgIpc) is 3.10. The van der Waals surface area contributed by atoms with Gasteiger partial charge in [-0.2, -0.15) is 5.26 Å². The summed E-state index contributed by atoms with van der Waals surface area (Å²) < 4.78 is 10.2. The predicted molar refractivity (Wildman–Crippen MR) is 175 cm³/mol. The van der Waals surface area contributed by atoms with Crippen molar-refractivity contribution in [1.29, 1.82) is 5.26 Å². The first-order valence-corrected chi connectivity index (χ1v) is 14.9. The molecule has 0 aromatic heterocycles. The van der Waals surface area contributed by atoms with Gasteiger partial charge in [0.1, 0.15) is 11.5 Å². The molecule has 1 fully saturated rings. The fraction of sp³-hybridized carbons (Fsp3) is 0.200. The molecule has 1 unspecified atom stereocenters. The van der Waals surface area contributed by atoms with Crippen molar-refractivity contribution in [2.45, 2.75) is 5.92 Å². The van der Waals surface area contributed by atoms with E-state index in [4.69, 9.17) is 26.8 Å². The molecule has 3 aromatic carbocycles. The van der Waals surface area contributed by atoms with Crippen LogP contribution in [0.15, 0.2) is 108 Å². The van der Waals surface area contributed by atoms with Gasteiger partial charge in [0.15, 0.2) is 0 Å². The van der Waals surface area contributed by atoms with Gasteiger partial charge in [-0.25, -0.2) is 9.59 Å². The molecule has 3 aromatic rings. The van der Waals surface area contributed by atoms with E-state index in [0.29, 0.717) is 42.5 Å². The van der Waals surface area contributed by atoms with Gasteiger partial charge in [-0.1, -0.05) is 72.3 Å². The molecule has 0 spiro atoms. The third-order valence-corrected chi connectivity index (χ3v) is 8.25. The Morgan fingerprint density at radius 2 is 1.54 bits per heavy atom. The summed E-state index contributed by atoms with van der Waals surface area (Å²) in [5.74, 6) is -2.75. The maximum atomic E-state index is 13.3. The first-order valence-electron chi connectivity index (χ1n) is 14.5. The van der Waals surface area contributed by atoms with Gasteiger partial charge in [0, 0.05) is 37.9 Å². The lowest BCUT2D eigenvalue weighted by molar-refractivity contribution is -0.139. The lowest BCUT2D eigenvalue weighted by atomic mass is 9.81. The van der Waals surface area contributed by atoms with E-state index in [0.717, 1.165) is 11.3 Å². The number of methoxy groups -OCH3 is 2. The maximum Gasteiger partial charge on any atom is 0.355 e. The second-order valence-corrected chi connectivity index (χ2v) is 10.9. The lowest BCUT2D eigenvalue weighted by Crippen LogP contribution is -2.48. The van der Waals surface area contributed by atoms with Crippen LogP contribution in [-0.2, 0) is 23.9 Å². The van der Waals surface area contributed by atoms with Crippen LogP contribution in [0.4, 0.5) is 11.4 Å². The van der Waals surface area contributed by atoms with E-state index in [1.54, 1.807) is 65.6 Å². The Morgan fingerprint density at radius 3 is 2.13 bits per heavy atom. The predicted octanol–water partition coefficient (Wildman–Crippen LogP) is 4.60. The molecule has 0 saturated carbocycles. The van der Waals surface area contributed by atoms with Crippen LogP contribution in [0.25, 0.3) is 6.08 Å². The highest BCUT2D eigenvalue weighted by Crippen LogP contribution is 2.44. The summed E-state index contributed by atoms with van der Waals surface area (Å²) >= 11 is 6.82. The number of hydrogen-bond donors (Lipinski definition) is 1. The zero-order chi connectivity index (χ0) is 32.8. The summed E-state index contributed by atoms with van der Waals surface area (Å²) in [7, 11) is 2.39. The molecular weight excluding hydrogens is 606 g/mol. The number of nitrogens with zero attached hydrogens (tertiary/aromatic N) is 4. The van der Waals surface area contributed by atoms with E-state index >= 15 is 0 Å². The SMILES string of the molecule is COC(=O)C1=C(C(=O)OC)N(c2ccc(N3CCN(C(=O)C=Cc4ccccc4)CC3)c(Cl)c2)C(N)=C(C#N)C1c1ccccc1. The Labute approximate surface area is 272 Å². The van der Waals surface area contributed by atoms with Crippen molar-refractivity contribution in [3.8, 4) is 6.07 Å². The molecular formula is C35H32ClN5O5. The monoisotopic (exact) mass is 637 g/mol. The molecule has 1 saturated heterocycles. The first-order chi connectivity index (χ1) is 22.3. The van der Waals surface area contributed by atoms with Crippen molar-refractivity contribution in [2.75, 3.05) is 50.2 Å². The fourth-order valence-corrected chi connectivity index (χ4v) is 5.97. The molecule has 11 heteroatoms. The number of ether oxygens (including phenoxy) is 2. The molecule has 10 nitrogen and oxygen atoms in total. The van der Waals surface area contributed by atoms with Crippen LogP contribution in [-0.4, -0.2) is 63.1 Å². The van der Waals surface area contributed by atoms with E-state index in [1.807, 2.05) is 30.3 Å². The number of carbonyl (C=O) groups is 3. The van der Waals surface area contributed by atoms with Crippen molar-refractivity contribution < 1.29 is 23.9 Å². The number of rotatable bonds is 7. The number of carbonyl (C=O) groups excluding carboxylic acids is 3. The second-order valence-electron chi connectivity index (χ2n) is 10.5. The van der Waals surface area contributed by atoms with Crippen molar-refractivity contribution in [3.63, 3.8) is 0 Å².